The first-order valence-corrected chi connectivity index (χ1v) is 7.99. The van der Waals surface area contributed by atoms with Crippen LogP contribution in [-0.4, -0.2) is 51.8 Å². The molecule has 1 fully saturated rings. The third-order valence-electron chi connectivity index (χ3n) is 4.59. The van der Waals surface area contributed by atoms with Crippen LogP contribution in [-0.2, 0) is 18.3 Å². The number of rotatable bonds is 3. The van der Waals surface area contributed by atoms with E-state index in [0.29, 0.717) is 6.42 Å². The number of hydrogen-bond acceptors (Lipinski definition) is 4. The summed E-state index contributed by atoms with van der Waals surface area (Å²) in [6.07, 6.45) is 2.25. The first-order chi connectivity index (χ1) is 11.1. The molecule has 0 aromatic carbocycles. The van der Waals surface area contributed by atoms with Crippen molar-refractivity contribution in [3.63, 3.8) is 0 Å². The number of carbonyl (C=O) groups excluding carboxylic acids is 1. The van der Waals surface area contributed by atoms with E-state index in [1.807, 2.05) is 48.7 Å². The zero-order valence-corrected chi connectivity index (χ0v) is 14.0. The first kappa shape index (κ1) is 15.5. The van der Waals surface area contributed by atoms with Crippen LogP contribution in [0.3, 0.4) is 0 Å². The second kappa shape index (κ2) is 6.40. The Bertz CT molecular complexity index is 687. The van der Waals surface area contributed by atoms with E-state index >= 15 is 0 Å². The number of aromatic nitrogens is 3. The van der Waals surface area contributed by atoms with Gasteiger partial charge in [-0.25, -0.2) is 4.98 Å². The molecular weight excluding hydrogens is 290 g/mol. The van der Waals surface area contributed by atoms with Crippen molar-refractivity contribution in [2.75, 3.05) is 31.1 Å². The number of anilines is 1. The minimum absolute atomic E-state index is 0.185. The van der Waals surface area contributed by atoms with Crippen molar-refractivity contribution < 1.29 is 4.79 Å². The molecule has 0 aliphatic carbocycles. The van der Waals surface area contributed by atoms with E-state index in [4.69, 9.17) is 0 Å². The van der Waals surface area contributed by atoms with Crippen molar-refractivity contribution in [2.45, 2.75) is 20.3 Å². The van der Waals surface area contributed by atoms with E-state index in [0.717, 1.165) is 48.9 Å². The Labute approximate surface area is 136 Å². The van der Waals surface area contributed by atoms with Gasteiger partial charge >= 0.3 is 0 Å². The van der Waals surface area contributed by atoms with Crippen LogP contribution in [0, 0.1) is 13.8 Å². The van der Waals surface area contributed by atoms with Crippen molar-refractivity contribution in [1.82, 2.24) is 19.7 Å². The fourth-order valence-electron chi connectivity index (χ4n) is 3.06. The fourth-order valence-corrected chi connectivity index (χ4v) is 3.06. The third-order valence-corrected chi connectivity index (χ3v) is 4.59. The van der Waals surface area contributed by atoms with Crippen molar-refractivity contribution >= 4 is 11.7 Å². The highest BCUT2D eigenvalue weighted by molar-refractivity contribution is 5.79. The molecule has 23 heavy (non-hydrogen) atoms. The molecule has 6 nitrogen and oxygen atoms in total. The van der Waals surface area contributed by atoms with Crippen LogP contribution in [0.15, 0.2) is 24.4 Å². The lowest BCUT2D eigenvalue weighted by atomic mass is 10.1. The van der Waals surface area contributed by atoms with Gasteiger partial charge in [0.2, 0.25) is 5.91 Å². The van der Waals surface area contributed by atoms with Gasteiger partial charge in [-0.3, -0.25) is 9.48 Å². The quantitative estimate of drug-likeness (QED) is 0.858. The van der Waals surface area contributed by atoms with Gasteiger partial charge < -0.3 is 9.80 Å². The molecular formula is C17H23N5O. The molecule has 0 N–H and O–H groups in total. The second-order valence-electron chi connectivity index (χ2n) is 6.01. The summed E-state index contributed by atoms with van der Waals surface area (Å²) >= 11 is 0. The number of nitrogens with zero attached hydrogens (tertiary/aromatic N) is 5. The fraction of sp³-hybridized carbons (Fsp3) is 0.471. The summed E-state index contributed by atoms with van der Waals surface area (Å²) in [4.78, 5) is 21.1. The lowest BCUT2D eigenvalue weighted by Gasteiger charge is -2.35. The van der Waals surface area contributed by atoms with Gasteiger partial charge in [0, 0.05) is 50.7 Å². The monoisotopic (exact) mass is 313 g/mol. The molecule has 3 rings (SSSR count). The highest BCUT2D eigenvalue weighted by atomic mass is 16.2. The zero-order valence-electron chi connectivity index (χ0n) is 14.0. The van der Waals surface area contributed by atoms with Gasteiger partial charge in [0.15, 0.2) is 0 Å². The average Bonchev–Trinajstić information content (AvgIpc) is 2.82. The maximum Gasteiger partial charge on any atom is 0.227 e. The van der Waals surface area contributed by atoms with Crippen molar-refractivity contribution in [3.8, 4) is 0 Å². The Balaban J connectivity index is 1.60. The van der Waals surface area contributed by atoms with Crippen LogP contribution < -0.4 is 4.90 Å². The number of amides is 1. The van der Waals surface area contributed by atoms with E-state index in [9.17, 15) is 4.79 Å². The third kappa shape index (κ3) is 3.21. The summed E-state index contributed by atoms with van der Waals surface area (Å²) in [6.45, 7) is 7.12. The molecule has 0 radical (unpaired) electrons. The van der Waals surface area contributed by atoms with Crippen molar-refractivity contribution in [1.29, 1.82) is 0 Å². The standard InChI is InChI=1S/C17H23N5O/c1-13-15(14(2)20(3)19-13)12-17(23)22-10-8-21(9-11-22)16-6-4-5-7-18-16/h4-7H,8-12H2,1-3H3. The van der Waals surface area contributed by atoms with Gasteiger partial charge in [-0.2, -0.15) is 5.10 Å². The van der Waals surface area contributed by atoms with Crippen LogP contribution in [0.4, 0.5) is 5.82 Å². The van der Waals surface area contributed by atoms with Crippen LogP contribution in [0.2, 0.25) is 0 Å². The minimum atomic E-state index is 0.185. The number of aryl methyl sites for hydroxylation is 2. The summed E-state index contributed by atoms with van der Waals surface area (Å²) in [5, 5.41) is 4.39. The highest BCUT2D eigenvalue weighted by Crippen LogP contribution is 2.16. The van der Waals surface area contributed by atoms with Gasteiger partial charge in [0.1, 0.15) is 5.82 Å². The summed E-state index contributed by atoms with van der Waals surface area (Å²) in [6, 6.07) is 5.93. The Morgan fingerprint density at radius 1 is 1.17 bits per heavy atom. The van der Waals surface area contributed by atoms with E-state index in [1.165, 1.54) is 0 Å². The summed E-state index contributed by atoms with van der Waals surface area (Å²) in [7, 11) is 1.92. The number of pyridine rings is 1. The normalized spacial score (nSPS) is 15.1. The lowest BCUT2D eigenvalue weighted by molar-refractivity contribution is -0.130. The van der Waals surface area contributed by atoms with Gasteiger partial charge in [0.25, 0.3) is 0 Å². The largest absolute Gasteiger partial charge is 0.353 e. The Hall–Kier alpha value is -2.37. The van der Waals surface area contributed by atoms with Crippen LogP contribution >= 0.6 is 0 Å². The van der Waals surface area contributed by atoms with Gasteiger partial charge in [-0.05, 0) is 26.0 Å². The molecule has 0 spiro atoms. The molecule has 0 saturated carbocycles. The van der Waals surface area contributed by atoms with E-state index in [1.54, 1.807) is 6.20 Å². The van der Waals surface area contributed by atoms with Gasteiger partial charge in [-0.15, -0.1) is 0 Å². The topological polar surface area (TPSA) is 54.3 Å². The van der Waals surface area contributed by atoms with Crippen LogP contribution in [0.25, 0.3) is 0 Å². The number of piperazine rings is 1. The maximum absolute atomic E-state index is 12.6. The van der Waals surface area contributed by atoms with Gasteiger partial charge in [0.05, 0.1) is 12.1 Å². The summed E-state index contributed by atoms with van der Waals surface area (Å²) < 4.78 is 1.84. The zero-order chi connectivity index (χ0) is 16.4. The molecule has 0 atom stereocenters. The molecule has 0 unspecified atom stereocenters. The summed E-state index contributed by atoms with van der Waals surface area (Å²) in [5.41, 5.74) is 3.08. The molecule has 2 aromatic heterocycles. The highest BCUT2D eigenvalue weighted by Gasteiger charge is 2.23. The molecule has 6 heteroatoms. The molecule has 3 heterocycles. The molecule has 0 bridgehead atoms. The molecule has 2 aromatic rings. The average molecular weight is 313 g/mol. The SMILES string of the molecule is Cc1nn(C)c(C)c1CC(=O)N1CCN(c2ccccn2)CC1. The number of carbonyl (C=O) groups is 1. The van der Waals surface area contributed by atoms with Crippen molar-refractivity contribution in [2.24, 2.45) is 7.05 Å². The predicted octanol–water partition coefficient (Wildman–Crippen LogP) is 1.32. The van der Waals surface area contributed by atoms with Crippen molar-refractivity contribution in [3.05, 3.63) is 41.3 Å². The Kier molecular flexibility index (Phi) is 4.32. The molecule has 1 aliphatic rings. The van der Waals surface area contributed by atoms with Crippen LogP contribution in [0.5, 0.6) is 0 Å². The maximum atomic E-state index is 12.6. The molecule has 122 valence electrons. The van der Waals surface area contributed by atoms with E-state index in [2.05, 4.69) is 15.0 Å². The second-order valence-corrected chi connectivity index (χ2v) is 6.01. The Morgan fingerprint density at radius 2 is 1.91 bits per heavy atom. The minimum Gasteiger partial charge on any atom is -0.353 e. The van der Waals surface area contributed by atoms with E-state index in [-0.39, 0.29) is 5.91 Å². The Morgan fingerprint density at radius 3 is 2.48 bits per heavy atom. The smallest absolute Gasteiger partial charge is 0.227 e. The molecule has 1 aliphatic heterocycles. The lowest BCUT2D eigenvalue weighted by Crippen LogP contribution is -2.49. The van der Waals surface area contributed by atoms with E-state index < -0.39 is 0 Å². The van der Waals surface area contributed by atoms with Gasteiger partial charge in [-0.1, -0.05) is 6.07 Å². The molecule has 1 amide bonds. The van der Waals surface area contributed by atoms with Crippen LogP contribution in [0.1, 0.15) is 17.0 Å². The summed E-state index contributed by atoms with van der Waals surface area (Å²) in [5.74, 6) is 1.17. The first-order valence-electron chi connectivity index (χ1n) is 7.99. The predicted molar refractivity (Wildman–Crippen MR) is 89.4 cm³/mol. The number of hydrogen-bond donors (Lipinski definition) is 0. The molecule has 1 saturated heterocycles.